The van der Waals surface area contributed by atoms with Crippen molar-refractivity contribution in [3.8, 4) is 0 Å². The van der Waals surface area contributed by atoms with Crippen molar-refractivity contribution in [1.29, 1.82) is 0 Å². The number of benzene rings is 1. The van der Waals surface area contributed by atoms with E-state index in [1.807, 2.05) is 24.3 Å². The van der Waals surface area contributed by atoms with E-state index < -0.39 is 26.3 Å². The molecule has 23 heavy (non-hydrogen) atoms. The lowest BCUT2D eigenvalue weighted by Gasteiger charge is -2.14. The summed E-state index contributed by atoms with van der Waals surface area (Å²) in [5.41, 5.74) is 1.33. The van der Waals surface area contributed by atoms with Crippen LogP contribution in [0.3, 0.4) is 0 Å². The van der Waals surface area contributed by atoms with Crippen LogP contribution in [0.1, 0.15) is 16.8 Å². The van der Waals surface area contributed by atoms with E-state index >= 15 is 0 Å². The highest BCUT2D eigenvalue weighted by molar-refractivity contribution is 7.91. The number of rotatable bonds is 3. The molecule has 1 aromatic carbocycles. The molecule has 0 atom stereocenters. The summed E-state index contributed by atoms with van der Waals surface area (Å²) in [5.74, 6) is -0.298. The Balaban J connectivity index is 1.92. The summed E-state index contributed by atoms with van der Waals surface area (Å²) in [6.07, 6.45) is 0.967. The number of sulfone groups is 1. The van der Waals surface area contributed by atoms with Crippen molar-refractivity contribution < 1.29 is 8.42 Å². The minimum atomic E-state index is -3.46. The average Bonchev–Trinajstić information content (AvgIpc) is 2.95. The van der Waals surface area contributed by atoms with Gasteiger partial charge in [-0.3, -0.25) is 13.9 Å². The summed E-state index contributed by atoms with van der Waals surface area (Å²) in [5, 5.41) is -0.501. The van der Waals surface area contributed by atoms with Crippen LogP contribution in [0.4, 0.5) is 0 Å². The fourth-order valence-electron chi connectivity index (χ4n) is 3.01. The molecule has 1 aliphatic carbocycles. The van der Waals surface area contributed by atoms with Gasteiger partial charge in [0.1, 0.15) is 0 Å². The smallest absolute Gasteiger partial charge is 0.300 e. The molecule has 0 unspecified atom stereocenters. The third-order valence-corrected chi connectivity index (χ3v) is 6.54. The van der Waals surface area contributed by atoms with Crippen LogP contribution in [-0.4, -0.2) is 22.8 Å². The van der Waals surface area contributed by atoms with Crippen LogP contribution >= 0.6 is 0 Å². The van der Waals surface area contributed by atoms with Gasteiger partial charge in [0.05, 0.1) is 11.0 Å². The molecule has 0 spiro atoms. The van der Waals surface area contributed by atoms with Crippen molar-refractivity contribution in [3.05, 3.63) is 68.0 Å². The summed E-state index contributed by atoms with van der Waals surface area (Å²) in [7, 11) is -0.604. The second-order valence-corrected chi connectivity index (χ2v) is 8.26. The number of aromatic nitrogens is 2. The van der Waals surface area contributed by atoms with Gasteiger partial charge in [0.15, 0.2) is 9.84 Å². The fourth-order valence-corrected chi connectivity index (χ4v) is 4.81. The van der Waals surface area contributed by atoms with Gasteiger partial charge in [-0.2, -0.15) is 0 Å². The molecular weight excluding hydrogens is 316 g/mol. The second-order valence-electron chi connectivity index (χ2n) is 5.98. The molecule has 0 bridgehead atoms. The molecule has 0 fully saturated rings. The van der Waals surface area contributed by atoms with Crippen LogP contribution in [0.25, 0.3) is 0 Å². The third kappa shape index (κ3) is 2.76. The van der Waals surface area contributed by atoms with E-state index in [0.29, 0.717) is 12.8 Å². The van der Waals surface area contributed by atoms with Gasteiger partial charge in [-0.05, 0) is 24.0 Å². The Morgan fingerprint density at radius 2 is 1.61 bits per heavy atom. The zero-order chi connectivity index (χ0) is 16.8. The highest BCUT2D eigenvalue weighted by Gasteiger charge is 2.32. The summed E-state index contributed by atoms with van der Waals surface area (Å²) in [6.45, 7) is 0. The summed E-state index contributed by atoms with van der Waals surface area (Å²) in [4.78, 5) is 23.7. The molecule has 2 aromatic rings. The predicted octanol–water partition coefficient (Wildman–Crippen LogP) is 0.166. The Morgan fingerprint density at radius 1 is 1.04 bits per heavy atom. The third-order valence-electron chi connectivity index (χ3n) is 4.50. The molecule has 1 aromatic heterocycles. The van der Waals surface area contributed by atoms with Crippen molar-refractivity contribution in [3.63, 3.8) is 0 Å². The average molecular weight is 334 g/mol. The lowest BCUT2D eigenvalue weighted by atomic mass is 10.1. The Labute approximate surface area is 133 Å². The second kappa shape index (κ2) is 5.49. The summed E-state index contributed by atoms with van der Waals surface area (Å²) >= 11 is 0. The number of fused-ring (bicyclic) bond motifs is 1. The molecule has 122 valence electrons. The first kappa shape index (κ1) is 15.7. The lowest BCUT2D eigenvalue weighted by Crippen LogP contribution is -2.39. The van der Waals surface area contributed by atoms with E-state index in [1.54, 1.807) is 0 Å². The molecule has 3 rings (SSSR count). The van der Waals surface area contributed by atoms with E-state index in [4.69, 9.17) is 0 Å². The van der Waals surface area contributed by atoms with Crippen LogP contribution in [-0.2, 0) is 42.5 Å². The topological polar surface area (TPSA) is 78.1 Å². The van der Waals surface area contributed by atoms with Gasteiger partial charge in [-0.15, -0.1) is 0 Å². The molecule has 0 amide bonds. The van der Waals surface area contributed by atoms with Crippen molar-refractivity contribution in [2.24, 2.45) is 14.1 Å². The van der Waals surface area contributed by atoms with Crippen molar-refractivity contribution in [1.82, 2.24) is 9.13 Å². The molecule has 6 nitrogen and oxygen atoms in total. The van der Waals surface area contributed by atoms with Crippen molar-refractivity contribution >= 4 is 9.84 Å². The molecule has 0 aliphatic heterocycles. The molecule has 1 heterocycles. The number of hydrogen-bond donors (Lipinski definition) is 0. The highest BCUT2D eigenvalue weighted by Crippen LogP contribution is 2.27. The van der Waals surface area contributed by atoms with Gasteiger partial charge in [-0.25, -0.2) is 13.2 Å². The minimum absolute atomic E-state index is 0.231. The van der Waals surface area contributed by atoms with Gasteiger partial charge in [-0.1, -0.05) is 24.3 Å². The van der Waals surface area contributed by atoms with E-state index in [2.05, 4.69) is 0 Å². The maximum absolute atomic E-state index is 12.7. The van der Waals surface area contributed by atoms with Crippen molar-refractivity contribution in [2.75, 3.05) is 0 Å². The first-order chi connectivity index (χ1) is 10.8. The Morgan fingerprint density at radius 3 is 2.17 bits per heavy atom. The molecule has 0 N–H and O–H groups in total. The number of hydrogen-bond acceptors (Lipinski definition) is 4. The molecule has 1 aliphatic rings. The van der Waals surface area contributed by atoms with E-state index in [1.165, 1.54) is 24.7 Å². The summed E-state index contributed by atoms with van der Waals surface area (Å²) in [6, 6.07) is 8.91. The van der Waals surface area contributed by atoms with E-state index in [0.717, 1.165) is 15.7 Å². The van der Waals surface area contributed by atoms with E-state index in [-0.39, 0.29) is 11.4 Å². The molecule has 0 radical (unpaired) electrons. The Bertz CT molecular complexity index is 961. The first-order valence-electron chi connectivity index (χ1n) is 7.34. The van der Waals surface area contributed by atoms with Gasteiger partial charge in [0, 0.05) is 25.9 Å². The zero-order valence-corrected chi connectivity index (χ0v) is 13.8. The molecular formula is C16H18N2O4S. The van der Waals surface area contributed by atoms with Crippen LogP contribution in [0.5, 0.6) is 0 Å². The van der Waals surface area contributed by atoms with Gasteiger partial charge >= 0.3 is 5.69 Å². The van der Waals surface area contributed by atoms with E-state index in [9.17, 15) is 18.0 Å². The maximum Gasteiger partial charge on any atom is 0.330 e. The quantitative estimate of drug-likeness (QED) is 0.801. The normalized spacial score (nSPS) is 14.9. The van der Waals surface area contributed by atoms with Crippen LogP contribution in [0, 0.1) is 0 Å². The zero-order valence-electron chi connectivity index (χ0n) is 13.0. The summed E-state index contributed by atoms with van der Waals surface area (Å²) < 4.78 is 27.6. The number of nitrogens with zero attached hydrogens (tertiary/aromatic N) is 2. The predicted molar refractivity (Wildman–Crippen MR) is 87.2 cm³/mol. The molecule has 0 saturated carbocycles. The first-order valence-corrected chi connectivity index (χ1v) is 9.05. The van der Waals surface area contributed by atoms with Crippen LogP contribution in [0.15, 0.2) is 39.9 Å². The standard InChI is InChI=1S/C16H18N2O4S/c1-17-13(9-15(19)18(2)16(17)20)10-23(21,22)14-7-11-5-3-4-6-12(11)8-14/h3-6,9,14H,7-8,10H2,1-2H3. The molecule has 0 saturated heterocycles. The highest BCUT2D eigenvalue weighted by atomic mass is 32.2. The van der Waals surface area contributed by atoms with Crippen LogP contribution in [0.2, 0.25) is 0 Å². The largest absolute Gasteiger partial charge is 0.330 e. The van der Waals surface area contributed by atoms with Gasteiger partial charge in [0.25, 0.3) is 5.56 Å². The van der Waals surface area contributed by atoms with Crippen LogP contribution < -0.4 is 11.2 Å². The monoisotopic (exact) mass is 334 g/mol. The molecule has 7 heteroatoms. The lowest BCUT2D eigenvalue weighted by molar-refractivity contribution is 0.575. The van der Waals surface area contributed by atoms with Gasteiger partial charge < -0.3 is 0 Å². The minimum Gasteiger partial charge on any atom is -0.300 e. The SMILES string of the molecule is Cn1c(CS(=O)(=O)C2Cc3ccccc3C2)cc(=O)n(C)c1=O. The van der Waals surface area contributed by atoms with Crippen molar-refractivity contribution in [2.45, 2.75) is 23.8 Å². The fraction of sp³-hybridized carbons (Fsp3) is 0.375. The Kier molecular flexibility index (Phi) is 3.75. The van der Waals surface area contributed by atoms with Gasteiger partial charge in [0.2, 0.25) is 0 Å². The maximum atomic E-state index is 12.7. The Hall–Kier alpha value is -2.15.